The second-order valence-corrected chi connectivity index (χ2v) is 4.99. The highest BCUT2D eigenvalue weighted by Gasteiger charge is 2.06. The molecule has 0 unspecified atom stereocenters. The number of aromatic nitrogens is 2. The fourth-order valence-corrected chi connectivity index (χ4v) is 1.97. The van der Waals surface area contributed by atoms with Gasteiger partial charge in [-0.3, -0.25) is 4.99 Å². The maximum atomic E-state index is 13.2. The third-order valence-electron chi connectivity index (χ3n) is 3.06. The molecule has 24 heavy (non-hydrogen) atoms. The number of anilines is 2. The van der Waals surface area contributed by atoms with Crippen molar-refractivity contribution in [3.63, 3.8) is 0 Å². The molecule has 0 bridgehead atoms. The largest absolute Gasteiger partial charge is 0.403 e. The van der Waals surface area contributed by atoms with Crippen LogP contribution < -0.4 is 16.4 Å². The lowest BCUT2D eigenvalue weighted by atomic mass is 10.2. The van der Waals surface area contributed by atoms with Crippen molar-refractivity contribution in [2.24, 2.45) is 10.7 Å². The zero-order chi connectivity index (χ0) is 17.5. The zero-order valence-electron chi connectivity index (χ0n) is 13.3. The molecule has 6 nitrogen and oxygen atoms in total. The molecule has 0 aliphatic rings. The Morgan fingerprint density at radius 2 is 2.00 bits per heavy atom. The summed E-state index contributed by atoms with van der Waals surface area (Å²) >= 11 is 0. The molecule has 0 spiro atoms. The van der Waals surface area contributed by atoms with E-state index >= 15 is 0 Å². The molecule has 0 radical (unpaired) electrons. The average molecular weight is 332 g/mol. The number of nitrogens with one attached hydrogen (secondary N) is 2. The minimum Gasteiger partial charge on any atom is -0.403 e. The lowest BCUT2D eigenvalue weighted by Crippen LogP contribution is -2.10. The van der Waals surface area contributed by atoms with E-state index in [4.69, 9.17) is 5.73 Å². The quantitative estimate of drug-likeness (QED) is 0.708. The summed E-state index contributed by atoms with van der Waals surface area (Å²) in [6.07, 6.45) is 4.51. The molecule has 0 amide bonds. The Kier molecular flexibility index (Phi) is 5.78. The highest BCUT2D eigenvalue weighted by atomic mass is 19.1. The van der Waals surface area contributed by atoms with E-state index in [0.29, 0.717) is 23.0 Å². The van der Waals surface area contributed by atoms with E-state index in [9.17, 15) is 8.78 Å². The number of aryl methyl sites for hydroxylation is 1. The summed E-state index contributed by atoms with van der Waals surface area (Å²) in [6.45, 7) is 2.05. The number of aliphatic imine (C=N–C) groups is 1. The van der Waals surface area contributed by atoms with Gasteiger partial charge in [-0.15, -0.1) is 0 Å². The van der Waals surface area contributed by atoms with Gasteiger partial charge in [-0.2, -0.15) is 4.98 Å². The molecule has 0 aliphatic carbocycles. The fourth-order valence-electron chi connectivity index (χ4n) is 1.97. The van der Waals surface area contributed by atoms with Gasteiger partial charge in [0.2, 0.25) is 5.95 Å². The summed E-state index contributed by atoms with van der Waals surface area (Å²) < 4.78 is 26.4. The van der Waals surface area contributed by atoms with Gasteiger partial charge < -0.3 is 16.4 Å². The maximum absolute atomic E-state index is 13.2. The summed E-state index contributed by atoms with van der Waals surface area (Å²) in [5.41, 5.74) is 7.29. The Hall–Kier alpha value is -3.03. The van der Waals surface area contributed by atoms with Gasteiger partial charge in [-0.25, -0.2) is 13.8 Å². The summed E-state index contributed by atoms with van der Waals surface area (Å²) in [5, 5.41) is 5.96. The van der Waals surface area contributed by atoms with Gasteiger partial charge in [0, 0.05) is 43.8 Å². The second-order valence-electron chi connectivity index (χ2n) is 4.99. The minimum atomic E-state index is -0.620. The Bertz CT molecular complexity index is 753. The Labute approximate surface area is 138 Å². The maximum Gasteiger partial charge on any atom is 0.229 e. The van der Waals surface area contributed by atoms with Gasteiger partial charge >= 0.3 is 0 Å². The molecule has 0 aliphatic heterocycles. The van der Waals surface area contributed by atoms with Crippen molar-refractivity contribution in [2.75, 3.05) is 17.7 Å². The molecule has 0 saturated heterocycles. The monoisotopic (exact) mass is 332 g/mol. The third kappa shape index (κ3) is 4.73. The molecule has 1 aromatic heterocycles. The topological polar surface area (TPSA) is 88.2 Å². The molecule has 4 N–H and O–H groups in total. The smallest absolute Gasteiger partial charge is 0.229 e. The molecule has 0 atom stereocenters. The van der Waals surface area contributed by atoms with Crippen LogP contribution in [0.2, 0.25) is 0 Å². The predicted molar refractivity (Wildman–Crippen MR) is 90.8 cm³/mol. The first-order chi connectivity index (χ1) is 11.5. The van der Waals surface area contributed by atoms with Gasteiger partial charge in [-0.05, 0) is 24.6 Å². The van der Waals surface area contributed by atoms with Crippen LogP contribution in [0.1, 0.15) is 11.1 Å². The van der Waals surface area contributed by atoms with E-state index in [1.807, 2.05) is 6.92 Å². The van der Waals surface area contributed by atoms with Gasteiger partial charge in [0.25, 0.3) is 0 Å². The summed E-state index contributed by atoms with van der Waals surface area (Å²) in [6, 6.07) is 3.36. The molecule has 2 aromatic rings. The Morgan fingerprint density at radius 1 is 1.29 bits per heavy atom. The molecule has 2 rings (SSSR count). The summed E-state index contributed by atoms with van der Waals surface area (Å²) in [5.74, 6) is -0.373. The van der Waals surface area contributed by atoms with Crippen LogP contribution in [0.3, 0.4) is 0 Å². The standard InChI is InChI=1S/C16H18F2N6/c1-10-7-22-16(23-14(6-19)9-20-2)24-15(10)21-8-11-3-12(17)5-13(18)4-11/h3-7,9H,8,19H2,1-2H3,(H2,21,22,23,24)/b14-6+,20-9?. The van der Waals surface area contributed by atoms with E-state index in [-0.39, 0.29) is 6.54 Å². The van der Waals surface area contributed by atoms with Crippen LogP contribution in [0.15, 0.2) is 41.3 Å². The first-order valence-corrected chi connectivity index (χ1v) is 7.15. The van der Waals surface area contributed by atoms with Gasteiger partial charge in [0.05, 0.1) is 5.70 Å². The van der Waals surface area contributed by atoms with E-state index in [2.05, 4.69) is 25.6 Å². The number of nitrogens with two attached hydrogens (primary N) is 1. The molecular formula is C16H18F2N6. The fraction of sp³-hybridized carbons (Fsp3) is 0.188. The van der Waals surface area contributed by atoms with E-state index in [1.165, 1.54) is 24.5 Å². The first-order valence-electron chi connectivity index (χ1n) is 7.15. The van der Waals surface area contributed by atoms with E-state index < -0.39 is 11.6 Å². The van der Waals surface area contributed by atoms with Crippen LogP contribution in [0.4, 0.5) is 20.5 Å². The normalized spacial score (nSPS) is 11.8. The van der Waals surface area contributed by atoms with Crippen LogP contribution in [0.5, 0.6) is 0 Å². The lowest BCUT2D eigenvalue weighted by molar-refractivity contribution is 0.580. The van der Waals surface area contributed by atoms with Crippen molar-refractivity contribution in [3.05, 3.63) is 59.1 Å². The number of halogens is 2. The summed E-state index contributed by atoms with van der Waals surface area (Å²) in [7, 11) is 1.62. The predicted octanol–water partition coefficient (Wildman–Crippen LogP) is 2.59. The molecule has 0 fully saturated rings. The molecule has 1 aromatic carbocycles. The Balaban J connectivity index is 2.13. The SMILES string of the molecule is CN=C/C(=C\N)Nc1ncc(C)c(NCc2cc(F)cc(F)c2)n1. The highest BCUT2D eigenvalue weighted by Crippen LogP contribution is 2.15. The van der Waals surface area contributed by atoms with Crippen molar-refractivity contribution in [2.45, 2.75) is 13.5 Å². The van der Waals surface area contributed by atoms with Crippen LogP contribution in [-0.4, -0.2) is 23.2 Å². The van der Waals surface area contributed by atoms with Crippen molar-refractivity contribution >= 4 is 18.0 Å². The average Bonchev–Trinajstić information content (AvgIpc) is 2.54. The van der Waals surface area contributed by atoms with Crippen molar-refractivity contribution in [1.29, 1.82) is 0 Å². The van der Waals surface area contributed by atoms with Crippen molar-refractivity contribution in [3.8, 4) is 0 Å². The number of hydrogen-bond acceptors (Lipinski definition) is 6. The van der Waals surface area contributed by atoms with Crippen LogP contribution >= 0.6 is 0 Å². The highest BCUT2D eigenvalue weighted by molar-refractivity contribution is 5.81. The van der Waals surface area contributed by atoms with Gasteiger partial charge in [0.1, 0.15) is 17.5 Å². The number of hydrogen-bond donors (Lipinski definition) is 3. The van der Waals surface area contributed by atoms with Crippen LogP contribution in [-0.2, 0) is 6.54 Å². The van der Waals surface area contributed by atoms with Crippen molar-refractivity contribution < 1.29 is 8.78 Å². The third-order valence-corrected chi connectivity index (χ3v) is 3.06. The summed E-state index contributed by atoms with van der Waals surface area (Å²) in [4.78, 5) is 12.3. The van der Waals surface area contributed by atoms with Gasteiger partial charge in [0.15, 0.2) is 0 Å². The zero-order valence-corrected chi connectivity index (χ0v) is 13.3. The first kappa shape index (κ1) is 17.3. The molecule has 1 heterocycles. The minimum absolute atomic E-state index is 0.224. The number of nitrogens with zero attached hydrogens (tertiary/aromatic N) is 3. The van der Waals surface area contributed by atoms with E-state index in [0.717, 1.165) is 11.6 Å². The van der Waals surface area contributed by atoms with E-state index in [1.54, 1.807) is 13.2 Å². The molecule has 126 valence electrons. The molecular weight excluding hydrogens is 314 g/mol. The molecule has 8 heteroatoms. The van der Waals surface area contributed by atoms with Crippen LogP contribution in [0.25, 0.3) is 0 Å². The Morgan fingerprint density at radius 3 is 2.62 bits per heavy atom. The number of benzene rings is 1. The number of rotatable bonds is 6. The van der Waals surface area contributed by atoms with Crippen molar-refractivity contribution in [1.82, 2.24) is 9.97 Å². The van der Waals surface area contributed by atoms with Gasteiger partial charge in [-0.1, -0.05) is 0 Å². The van der Waals surface area contributed by atoms with Crippen LogP contribution in [0, 0.1) is 18.6 Å². The second kappa shape index (κ2) is 8.00. The number of allylic oxidation sites excluding steroid dienone is 1. The molecule has 0 saturated carbocycles. The lowest BCUT2D eigenvalue weighted by Gasteiger charge is -2.11.